The van der Waals surface area contributed by atoms with E-state index in [0.29, 0.717) is 11.3 Å². The van der Waals surface area contributed by atoms with Gasteiger partial charge in [0.05, 0.1) is 13.7 Å². The zero-order chi connectivity index (χ0) is 17.8. The Morgan fingerprint density at radius 3 is 2.40 bits per heavy atom. The minimum absolute atomic E-state index is 0.238. The molecule has 0 saturated carbocycles. The number of nitrogens with zero attached hydrogens (tertiary/aromatic N) is 1. The second kappa shape index (κ2) is 7.05. The summed E-state index contributed by atoms with van der Waals surface area (Å²) in [5.74, 6) is 0.0665. The van der Waals surface area contributed by atoms with Gasteiger partial charge in [0.1, 0.15) is 5.75 Å². The summed E-state index contributed by atoms with van der Waals surface area (Å²) >= 11 is 0. The smallest absolute Gasteiger partial charge is 0.260 e. The second-order valence-corrected chi connectivity index (χ2v) is 5.64. The number of methoxy groups -OCH3 is 1. The van der Waals surface area contributed by atoms with Crippen molar-refractivity contribution in [2.24, 2.45) is 5.73 Å². The SMILES string of the molecule is COc1ccc(C(=O)N(Cc2cccc3ccccc23)C(=N)N)cc1. The van der Waals surface area contributed by atoms with Crippen LogP contribution in [0.1, 0.15) is 15.9 Å². The summed E-state index contributed by atoms with van der Waals surface area (Å²) in [5.41, 5.74) is 7.08. The fraction of sp³-hybridized carbons (Fsp3) is 0.100. The molecular formula is C20H19N3O2. The van der Waals surface area contributed by atoms with Gasteiger partial charge in [0.15, 0.2) is 5.96 Å². The molecule has 0 radical (unpaired) electrons. The lowest BCUT2D eigenvalue weighted by atomic mass is 10.0. The number of hydrogen-bond acceptors (Lipinski definition) is 3. The van der Waals surface area contributed by atoms with Crippen molar-refractivity contribution >= 4 is 22.6 Å². The molecule has 126 valence electrons. The number of ether oxygens (including phenoxy) is 1. The standard InChI is InChI=1S/C20H19N3O2/c1-25-17-11-9-15(10-12-17)19(24)23(20(21)22)13-16-7-4-6-14-5-2-3-8-18(14)16/h2-12H,13H2,1H3,(H3,21,22). The van der Waals surface area contributed by atoms with Gasteiger partial charge < -0.3 is 10.5 Å². The molecule has 3 N–H and O–H groups in total. The van der Waals surface area contributed by atoms with E-state index < -0.39 is 0 Å². The van der Waals surface area contributed by atoms with Crippen LogP contribution in [0, 0.1) is 5.41 Å². The maximum absolute atomic E-state index is 12.8. The highest BCUT2D eigenvalue weighted by Gasteiger charge is 2.19. The normalized spacial score (nSPS) is 10.4. The predicted octanol–water partition coefficient (Wildman–Crippen LogP) is 3.38. The van der Waals surface area contributed by atoms with Gasteiger partial charge >= 0.3 is 0 Å². The number of rotatable bonds is 4. The molecule has 0 aliphatic heterocycles. The molecule has 0 heterocycles. The quantitative estimate of drug-likeness (QED) is 0.567. The van der Waals surface area contributed by atoms with E-state index in [-0.39, 0.29) is 18.4 Å². The van der Waals surface area contributed by atoms with Crippen LogP contribution < -0.4 is 10.5 Å². The lowest BCUT2D eigenvalue weighted by molar-refractivity contribution is 0.0838. The highest BCUT2D eigenvalue weighted by molar-refractivity contribution is 6.04. The third kappa shape index (κ3) is 3.45. The summed E-state index contributed by atoms with van der Waals surface area (Å²) in [5, 5.41) is 9.95. The molecule has 3 aromatic rings. The van der Waals surface area contributed by atoms with Crippen molar-refractivity contribution < 1.29 is 9.53 Å². The number of carbonyl (C=O) groups excluding carboxylic acids is 1. The molecule has 0 spiro atoms. The molecule has 0 saturated heterocycles. The van der Waals surface area contributed by atoms with Gasteiger partial charge in [0, 0.05) is 5.56 Å². The molecule has 0 aliphatic carbocycles. The van der Waals surface area contributed by atoms with Crippen molar-refractivity contribution in [3.05, 3.63) is 77.9 Å². The van der Waals surface area contributed by atoms with Gasteiger partial charge in [-0.15, -0.1) is 0 Å². The van der Waals surface area contributed by atoms with Gasteiger partial charge in [-0.3, -0.25) is 15.1 Å². The first kappa shape index (κ1) is 16.5. The third-order valence-corrected chi connectivity index (χ3v) is 4.08. The molecular weight excluding hydrogens is 314 g/mol. The topological polar surface area (TPSA) is 79.4 Å². The second-order valence-electron chi connectivity index (χ2n) is 5.64. The Hall–Kier alpha value is -3.34. The Balaban J connectivity index is 1.92. The van der Waals surface area contributed by atoms with E-state index in [1.807, 2.05) is 42.5 Å². The Bertz CT molecular complexity index is 914. The van der Waals surface area contributed by atoms with Crippen LogP contribution in [0.4, 0.5) is 0 Å². The maximum atomic E-state index is 12.8. The van der Waals surface area contributed by atoms with Crippen molar-refractivity contribution in [1.29, 1.82) is 5.41 Å². The van der Waals surface area contributed by atoms with Crippen molar-refractivity contribution in [2.45, 2.75) is 6.54 Å². The monoisotopic (exact) mass is 333 g/mol. The van der Waals surface area contributed by atoms with Crippen LogP contribution in [0.2, 0.25) is 0 Å². The van der Waals surface area contributed by atoms with E-state index in [1.165, 1.54) is 4.90 Å². The van der Waals surface area contributed by atoms with Gasteiger partial charge in [0.2, 0.25) is 0 Å². The summed E-state index contributed by atoms with van der Waals surface area (Å²) < 4.78 is 5.11. The van der Waals surface area contributed by atoms with Crippen molar-refractivity contribution in [1.82, 2.24) is 4.90 Å². The molecule has 3 aromatic carbocycles. The Morgan fingerprint density at radius 1 is 1.04 bits per heavy atom. The fourth-order valence-electron chi connectivity index (χ4n) is 2.76. The minimum atomic E-state index is -0.317. The maximum Gasteiger partial charge on any atom is 0.260 e. The lowest BCUT2D eigenvalue weighted by Gasteiger charge is -2.22. The van der Waals surface area contributed by atoms with Crippen LogP contribution >= 0.6 is 0 Å². The van der Waals surface area contributed by atoms with Crippen molar-refractivity contribution in [2.75, 3.05) is 7.11 Å². The summed E-state index contributed by atoms with van der Waals surface area (Å²) in [4.78, 5) is 14.1. The molecule has 0 atom stereocenters. The van der Waals surface area contributed by atoms with Crippen LogP contribution in [-0.2, 0) is 6.54 Å². The van der Waals surface area contributed by atoms with Crippen LogP contribution in [-0.4, -0.2) is 23.9 Å². The van der Waals surface area contributed by atoms with Crippen molar-refractivity contribution in [3.63, 3.8) is 0 Å². The molecule has 0 aliphatic rings. The highest BCUT2D eigenvalue weighted by Crippen LogP contribution is 2.21. The summed E-state index contributed by atoms with van der Waals surface area (Å²) in [6.45, 7) is 0.238. The first-order chi connectivity index (χ1) is 12.1. The van der Waals surface area contributed by atoms with Crippen LogP contribution in [0.5, 0.6) is 5.75 Å². The van der Waals surface area contributed by atoms with E-state index in [4.69, 9.17) is 15.9 Å². The number of guanidine groups is 1. The highest BCUT2D eigenvalue weighted by atomic mass is 16.5. The molecule has 5 nitrogen and oxygen atoms in total. The average molecular weight is 333 g/mol. The Kier molecular flexibility index (Phi) is 4.66. The van der Waals surface area contributed by atoms with E-state index >= 15 is 0 Å². The minimum Gasteiger partial charge on any atom is -0.497 e. The number of amides is 1. The van der Waals surface area contributed by atoms with Crippen LogP contribution in [0.15, 0.2) is 66.7 Å². The predicted molar refractivity (Wildman–Crippen MR) is 98.7 cm³/mol. The molecule has 5 heteroatoms. The van der Waals surface area contributed by atoms with E-state index in [9.17, 15) is 4.79 Å². The Labute approximate surface area is 146 Å². The van der Waals surface area contributed by atoms with Crippen molar-refractivity contribution in [3.8, 4) is 5.75 Å². The molecule has 25 heavy (non-hydrogen) atoms. The zero-order valence-electron chi connectivity index (χ0n) is 13.9. The van der Waals surface area contributed by atoms with E-state index in [2.05, 4.69) is 0 Å². The first-order valence-corrected chi connectivity index (χ1v) is 7.86. The molecule has 0 bridgehead atoms. The summed E-state index contributed by atoms with van der Waals surface area (Å²) in [6, 6.07) is 20.6. The molecule has 3 rings (SSSR count). The number of nitrogens with one attached hydrogen (secondary N) is 1. The van der Waals surface area contributed by atoms with E-state index in [1.54, 1.807) is 31.4 Å². The summed E-state index contributed by atoms with van der Waals surface area (Å²) in [7, 11) is 1.57. The summed E-state index contributed by atoms with van der Waals surface area (Å²) in [6.07, 6.45) is 0. The molecule has 0 fully saturated rings. The van der Waals surface area contributed by atoms with Crippen LogP contribution in [0.25, 0.3) is 10.8 Å². The Morgan fingerprint density at radius 2 is 1.72 bits per heavy atom. The fourth-order valence-corrected chi connectivity index (χ4v) is 2.76. The number of nitrogens with two attached hydrogens (primary N) is 1. The molecule has 0 unspecified atom stereocenters. The number of hydrogen-bond donors (Lipinski definition) is 2. The van der Waals surface area contributed by atoms with E-state index in [0.717, 1.165) is 16.3 Å². The third-order valence-electron chi connectivity index (χ3n) is 4.08. The number of carbonyl (C=O) groups is 1. The zero-order valence-corrected chi connectivity index (χ0v) is 13.9. The molecule has 0 aromatic heterocycles. The van der Waals surface area contributed by atoms with Gasteiger partial charge in [-0.05, 0) is 40.6 Å². The van der Waals surface area contributed by atoms with Crippen LogP contribution in [0.3, 0.4) is 0 Å². The van der Waals surface area contributed by atoms with Gasteiger partial charge in [-0.2, -0.15) is 0 Å². The number of fused-ring (bicyclic) bond motifs is 1. The largest absolute Gasteiger partial charge is 0.497 e. The molecule has 1 amide bonds. The number of benzene rings is 3. The first-order valence-electron chi connectivity index (χ1n) is 7.86. The lowest BCUT2D eigenvalue weighted by Crippen LogP contribution is -2.40. The van der Waals surface area contributed by atoms with Gasteiger partial charge in [-0.25, -0.2) is 0 Å². The average Bonchev–Trinajstić information content (AvgIpc) is 2.65. The van der Waals surface area contributed by atoms with Gasteiger partial charge in [0.25, 0.3) is 5.91 Å². The van der Waals surface area contributed by atoms with Gasteiger partial charge in [-0.1, -0.05) is 42.5 Å².